The molecule has 2 amide bonds. The van der Waals surface area contributed by atoms with Crippen LogP contribution in [-0.2, 0) is 17.8 Å². The molecule has 39 heavy (non-hydrogen) atoms. The van der Waals surface area contributed by atoms with E-state index in [-0.39, 0.29) is 11.3 Å². The number of nitrogens with zero attached hydrogens (tertiary/aromatic N) is 2. The molecular formula is C29H25N5O4S. The minimum atomic E-state index is -0.948. The lowest BCUT2D eigenvalue weighted by atomic mass is 10.1. The van der Waals surface area contributed by atoms with Gasteiger partial charge in [0.2, 0.25) is 5.91 Å². The van der Waals surface area contributed by atoms with Crippen LogP contribution in [0.15, 0.2) is 89.7 Å². The smallest absolute Gasteiger partial charge is 0.322 e. The fourth-order valence-corrected chi connectivity index (χ4v) is 4.75. The Balaban J connectivity index is 1.26. The number of hydrogen-bond acceptors (Lipinski definition) is 7. The van der Waals surface area contributed by atoms with Crippen molar-refractivity contribution in [3.63, 3.8) is 0 Å². The molecule has 0 radical (unpaired) electrons. The molecule has 2 aromatic heterocycles. The second-order valence-electron chi connectivity index (χ2n) is 8.85. The average molecular weight is 540 g/mol. The third kappa shape index (κ3) is 6.55. The Morgan fingerprint density at radius 1 is 1.00 bits per heavy atom. The molecule has 5 aromatic rings. The molecule has 0 saturated heterocycles. The highest BCUT2D eigenvalue weighted by Gasteiger charge is 2.24. The third-order valence-electron chi connectivity index (χ3n) is 5.97. The quantitative estimate of drug-likeness (QED) is 0.257. The number of rotatable bonds is 9. The molecule has 0 aliphatic rings. The van der Waals surface area contributed by atoms with Crippen molar-refractivity contribution in [1.82, 2.24) is 20.5 Å². The van der Waals surface area contributed by atoms with Crippen LogP contribution in [0.5, 0.6) is 5.75 Å². The van der Waals surface area contributed by atoms with E-state index in [1.165, 1.54) is 0 Å². The number of pyridine rings is 1. The summed E-state index contributed by atoms with van der Waals surface area (Å²) < 4.78 is 5.99. The number of aromatic nitrogens is 3. The van der Waals surface area contributed by atoms with Crippen LogP contribution in [0.1, 0.15) is 26.6 Å². The maximum atomic E-state index is 13.1. The standard InChI is InChI=1S/C29H25N5O4S/c1-18-15-20(23-9-5-6-10-24(23)30-18)17-38-22-13-11-19(12-14-22)27(35)32-25(16-26-33-34-29(37)39-26)28(36)31-21-7-3-2-4-8-21/h2-15,25H,16-17H2,1H3,(H,31,36)(H,32,35)(H,34,37). The first kappa shape index (κ1) is 25.8. The first-order chi connectivity index (χ1) is 18.9. The lowest BCUT2D eigenvalue weighted by Crippen LogP contribution is -2.45. The van der Waals surface area contributed by atoms with Crippen LogP contribution >= 0.6 is 11.3 Å². The Bertz CT molecular complexity index is 1670. The second kappa shape index (κ2) is 11.7. The van der Waals surface area contributed by atoms with Gasteiger partial charge >= 0.3 is 4.87 Å². The third-order valence-corrected chi connectivity index (χ3v) is 6.74. The Hall–Kier alpha value is -4.83. The molecule has 1 unspecified atom stereocenters. The molecule has 0 aliphatic heterocycles. The predicted molar refractivity (Wildman–Crippen MR) is 150 cm³/mol. The summed E-state index contributed by atoms with van der Waals surface area (Å²) >= 11 is 0.896. The van der Waals surface area contributed by atoms with Gasteiger partial charge in [-0.15, -0.1) is 0 Å². The number of hydrogen-bond donors (Lipinski definition) is 3. The molecule has 0 bridgehead atoms. The number of amides is 2. The van der Waals surface area contributed by atoms with E-state index < -0.39 is 17.9 Å². The highest BCUT2D eigenvalue weighted by Crippen LogP contribution is 2.21. The summed E-state index contributed by atoms with van der Waals surface area (Å²) in [5.41, 5.74) is 3.80. The number of benzene rings is 3. The lowest BCUT2D eigenvalue weighted by Gasteiger charge is -2.18. The topological polar surface area (TPSA) is 126 Å². The van der Waals surface area contributed by atoms with Crippen molar-refractivity contribution >= 4 is 39.7 Å². The number of ether oxygens (including phenoxy) is 1. The van der Waals surface area contributed by atoms with Crippen LogP contribution in [0.4, 0.5) is 5.69 Å². The monoisotopic (exact) mass is 539 g/mol. The van der Waals surface area contributed by atoms with Crippen LogP contribution < -0.4 is 20.2 Å². The van der Waals surface area contributed by atoms with Gasteiger partial charge in [-0.2, -0.15) is 5.10 Å². The summed E-state index contributed by atoms with van der Waals surface area (Å²) in [4.78, 5) is 41.8. The molecule has 0 saturated carbocycles. The van der Waals surface area contributed by atoms with E-state index in [9.17, 15) is 14.4 Å². The van der Waals surface area contributed by atoms with Crippen molar-refractivity contribution in [1.29, 1.82) is 0 Å². The number of nitrogens with one attached hydrogen (secondary N) is 3. The van der Waals surface area contributed by atoms with Gasteiger partial charge in [0.1, 0.15) is 23.4 Å². The first-order valence-electron chi connectivity index (χ1n) is 12.2. The van der Waals surface area contributed by atoms with Gasteiger partial charge in [0.15, 0.2) is 0 Å². The Labute approximate surface area is 227 Å². The van der Waals surface area contributed by atoms with Gasteiger partial charge in [-0.25, -0.2) is 5.10 Å². The number of H-pyrrole nitrogens is 1. The number of carbonyl (C=O) groups is 2. The molecule has 9 nitrogen and oxygen atoms in total. The molecule has 0 spiro atoms. The molecule has 10 heteroatoms. The molecule has 3 N–H and O–H groups in total. The van der Waals surface area contributed by atoms with E-state index in [0.29, 0.717) is 28.6 Å². The number of fused-ring (bicyclic) bond motifs is 1. The van der Waals surface area contributed by atoms with E-state index in [4.69, 9.17) is 4.74 Å². The number of anilines is 1. The molecule has 3 aromatic carbocycles. The van der Waals surface area contributed by atoms with Crippen LogP contribution in [0.25, 0.3) is 10.9 Å². The highest BCUT2D eigenvalue weighted by atomic mass is 32.1. The van der Waals surface area contributed by atoms with Gasteiger partial charge in [-0.1, -0.05) is 47.7 Å². The van der Waals surface area contributed by atoms with Crippen LogP contribution in [0, 0.1) is 6.92 Å². The van der Waals surface area contributed by atoms with Crippen molar-refractivity contribution in [2.75, 3.05) is 5.32 Å². The highest BCUT2D eigenvalue weighted by molar-refractivity contribution is 7.08. The maximum Gasteiger partial charge on any atom is 0.322 e. The SMILES string of the molecule is Cc1cc(COc2ccc(C(=O)NC(Cc3n[nH]c(=O)s3)C(=O)Nc3ccccc3)cc2)c2ccccc2n1. The van der Waals surface area contributed by atoms with Gasteiger partial charge < -0.3 is 15.4 Å². The number of aromatic amines is 1. The molecule has 0 aliphatic carbocycles. The number of carbonyl (C=O) groups excluding carboxylic acids is 2. The van der Waals surface area contributed by atoms with E-state index >= 15 is 0 Å². The summed E-state index contributed by atoms with van der Waals surface area (Å²) in [5, 5.41) is 13.3. The van der Waals surface area contributed by atoms with Crippen molar-refractivity contribution in [3.8, 4) is 5.75 Å². The van der Waals surface area contributed by atoms with Gasteiger partial charge in [0, 0.05) is 34.3 Å². The molecule has 2 heterocycles. The average Bonchev–Trinajstić information content (AvgIpc) is 3.36. The zero-order chi connectivity index (χ0) is 27.2. The molecular weight excluding hydrogens is 514 g/mol. The second-order valence-corrected chi connectivity index (χ2v) is 9.89. The zero-order valence-electron chi connectivity index (χ0n) is 21.0. The summed E-state index contributed by atoms with van der Waals surface area (Å²) in [7, 11) is 0. The molecule has 1 atom stereocenters. The fourth-order valence-electron chi connectivity index (χ4n) is 4.10. The minimum Gasteiger partial charge on any atom is -0.489 e. The number of para-hydroxylation sites is 2. The summed E-state index contributed by atoms with van der Waals surface area (Å²) in [5.74, 6) is -0.254. The lowest BCUT2D eigenvalue weighted by molar-refractivity contribution is -0.118. The maximum absolute atomic E-state index is 13.1. The summed E-state index contributed by atoms with van der Waals surface area (Å²) in [6, 6.07) is 24.6. The Morgan fingerprint density at radius 2 is 1.74 bits per heavy atom. The number of aryl methyl sites for hydroxylation is 1. The van der Waals surface area contributed by atoms with Gasteiger partial charge in [0.05, 0.1) is 5.52 Å². The molecule has 0 fully saturated rings. The molecule has 5 rings (SSSR count). The van der Waals surface area contributed by atoms with E-state index in [0.717, 1.165) is 33.5 Å². The first-order valence-corrected chi connectivity index (χ1v) is 13.1. The zero-order valence-corrected chi connectivity index (χ0v) is 21.8. The van der Waals surface area contributed by atoms with Crippen LogP contribution in [0.2, 0.25) is 0 Å². The van der Waals surface area contributed by atoms with Crippen molar-refractivity contribution in [2.24, 2.45) is 0 Å². The molecule has 196 valence electrons. The van der Waals surface area contributed by atoms with E-state index in [1.807, 2.05) is 43.3 Å². The predicted octanol–water partition coefficient (Wildman–Crippen LogP) is 4.25. The van der Waals surface area contributed by atoms with E-state index in [2.05, 4.69) is 25.8 Å². The normalized spacial score (nSPS) is 11.6. The van der Waals surface area contributed by atoms with Gasteiger partial charge in [0.25, 0.3) is 5.91 Å². The van der Waals surface area contributed by atoms with Gasteiger partial charge in [-0.05, 0) is 55.5 Å². The minimum absolute atomic E-state index is 0.0638. The summed E-state index contributed by atoms with van der Waals surface area (Å²) in [6.07, 6.45) is 0.0638. The van der Waals surface area contributed by atoms with Crippen molar-refractivity contribution < 1.29 is 14.3 Å². The fraction of sp³-hybridized carbons (Fsp3) is 0.138. The van der Waals surface area contributed by atoms with E-state index in [1.54, 1.807) is 48.5 Å². The Morgan fingerprint density at radius 3 is 2.49 bits per heavy atom. The largest absolute Gasteiger partial charge is 0.489 e. The van der Waals surface area contributed by atoms with Gasteiger partial charge in [-0.3, -0.25) is 19.4 Å². The van der Waals surface area contributed by atoms with Crippen molar-refractivity contribution in [2.45, 2.75) is 26.0 Å². The van der Waals surface area contributed by atoms with Crippen molar-refractivity contribution in [3.05, 3.63) is 116 Å². The summed E-state index contributed by atoms with van der Waals surface area (Å²) in [6.45, 7) is 2.30. The Kier molecular flexibility index (Phi) is 7.74. The van der Waals surface area contributed by atoms with Crippen LogP contribution in [-0.4, -0.2) is 33.0 Å². The van der Waals surface area contributed by atoms with Crippen LogP contribution in [0.3, 0.4) is 0 Å².